The summed E-state index contributed by atoms with van der Waals surface area (Å²) in [6, 6.07) is 16.5. The van der Waals surface area contributed by atoms with Crippen molar-refractivity contribution < 1.29 is 28.2 Å². The second kappa shape index (κ2) is 9.08. The van der Waals surface area contributed by atoms with Gasteiger partial charge in [-0.15, -0.1) is 0 Å². The van der Waals surface area contributed by atoms with E-state index in [1.54, 1.807) is 75.7 Å². The second-order valence-electron chi connectivity index (χ2n) is 7.21. The van der Waals surface area contributed by atoms with Gasteiger partial charge < -0.3 is 23.4 Å². The first kappa shape index (κ1) is 22.0. The van der Waals surface area contributed by atoms with Gasteiger partial charge in [0, 0.05) is 6.07 Å². The van der Waals surface area contributed by atoms with Gasteiger partial charge in [0.1, 0.15) is 22.8 Å². The summed E-state index contributed by atoms with van der Waals surface area (Å²) in [6.45, 7) is 1.71. The zero-order valence-corrected chi connectivity index (χ0v) is 18.6. The highest BCUT2D eigenvalue weighted by atomic mass is 16.5. The van der Waals surface area contributed by atoms with E-state index in [2.05, 4.69) is 0 Å². The van der Waals surface area contributed by atoms with Crippen molar-refractivity contribution in [2.45, 2.75) is 6.92 Å². The van der Waals surface area contributed by atoms with Crippen molar-refractivity contribution in [1.82, 2.24) is 0 Å². The minimum atomic E-state index is -0.530. The van der Waals surface area contributed by atoms with Crippen molar-refractivity contribution in [2.24, 2.45) is 0 Å². The third-order valence-corrected chi connectivity index (χ3v) is 5.25. The van der Waals surface area contributed by atoms with Gasteiger partial charge in [0.05, 0.1) is 37.8 Å². The summed E-state index contributed by atoms with van der Waals surface area (Å²) in [6.07, 6.45) is 0. The lowest BCUT2D eigenvalue weighted by molar-refractivity contribution is 0.0735. The van der Waals surface area contributed by atoms with E-state index in [1.165, 1.54) is 13.2 Å². The average molecular weight is 446 g/mol. The maximum Gasteiger partial charge on any atom is 0.343 e. The van der Waals surface area contributed by atoms with Gasteiger partial charge >= 0.3 is 5.97 Å². The molecule has 0 amide bonds. The van der Waals surface area contributed by atoms with Gasteiger partial charge in [-0.1, -0.05) is 6.07 Å². The lowest BCUT2D eigenvalue weighted by Crippen LogP contribution is -2.10. The lowest BCUT2D eigenvalue weighted by atomic mass is 10.0. The quantitative estimate of drug-likeness (QED) is 0.304. The van der Waals surface area contributed by atoms with E-state index in [-0.39, 0.29) is 11.2 Å². The van der Waals surface area contributed by atoms with Crippen LogP contribution in [0.3, 0.4) is 0 Å². The molecular weight excluding hydrogens is 424 g/mol. The molecule has 33 heavy (non-hydrogen) atoms. The highest BCUT2D eigenvalue weighted by molar-refractivity contribution is 5.92. The molecule has 3 aromatic carbocycles. The van der Waals surface area contributed by atoms with Crippen LogP contribution in [-0.4, -0.2) is 27.3 Å². The normalized spacial score (nSPS) is 10.7. The summed E-state index contributed by atoms with van der Waals surface area (Å²) in [5, 5.41) is 0.370. The van der Waals surface area contributed by atoms with Crippen LogP contribution in [0.25, 0.3) is 22.1 Å². The van der Waals surface area contributed by atoms with Gasteiger partial charge in [-0.2, -0.15) is 0 Å². The summed E-state index contributed by atoms with van der Waals surface area (Å²) in [5.41, 5.74) is 1.57. The molecule has 1 heterocycles. The summed E-state index contributed by atoms with van der Waals surface area (Å²) < 4.78 is 27.1. The SMILES string of the molecule is COc1ccc(C(=O)Oc2ccc3c(=O)c(-c4ccc(OC)c(OC)c4)c(C)oc3c2)cc1. The zero-order chi connectivity index (χ0) is 23.5. The number of carbonyl (C=O) groups is 1. The van der Waals surface area contributed by atoms with Crippen LogP contribution in [0.15, 0.2) is 69.9 Å². The number of fused-ring (bicyclic) bond motifs is 1. The number of rotatable bonds is 6. The van der Waals surface area contributed by atoms with Gasteiger partial charge in [0.2, 0.25) is 5.43 Å². The molecule has 0 saturated carbocycles. The summed E-state index contributed by atoms with van der Waals surface area (Å²) in [7, 11) is 4.63. The molecule has 4 aromatic rings. The molecule has 0 aliphatic rings. The topological polar surface area (TPSA) is 84.2 Å². The van der Waals surface area contributed by atoms with E-state index in [0.717, 1.165) is 0 Å². The highest BCUT2D eigenvalue weighted by Gasteiger charge is 2.17. The molecule has 0 bridgehead atoms. The smallest absolute Gasteiger partial charge is 0.343 e. The Morgan fingerprint density at radius 2 is 1.48 bits per heavy atom. The number of hydrogen-bond donors (Lipinski definition) is 0. The monoisotopic (exact) mass is 446 g/mol. The maximum atomic E-state index is 13.3. The number of hydrogen-bond acceptors (Lipinski definition) is 7. The van der Waals surface area contributed by atoms with E-state index in [0.29, 0.717) is 50.7 Å². The Hall–Kier alpha value is -4.26. The fourth-order valence-electron chi connectivity index (χ4n) is 3.57. The van der Waals surface area contributed by atoms with Crippen molar-refractivity contribution in [3.05, 3.63) is 82.2 Å². The third-order valence-electron chi connectivity index (χ3n) is 5.25. The molecule has 4 rings (SSSR count). The average Bonchev–Trinajstić information content (AvgIpc) is 2.83. The fraction of sp³-hybridized carbons (Fsp3) is 0.154. The molecule has 0 radical (unpaired) electrons. The van der Waals surface area contributed by atoms with Crippen molar-refractivity contribution >= 4 is 16.9 Å². The Labute approximate surface area is 190 Å². The number of methoxy groups -OCH3 is 3. The number of esters is 1. The van der Waals surface area contributed by atoms with Crippen molar-refractivity contribution in [1.29, 1.82) is 0 Å². The van der Waals surface area contributed by atoms with Crippen LogP contribution in [0.4, 0.5) is 0 Å². The Bertz CT molecular complexity index is 1380. The minimum Gasteiger partial charge on any atom is -0.497 e. The number of benzene rings is 3. The van der Waals surface area contributed by atoms with Crippen LogP contribution in [-0.2, 0) is 0 Å². The third kappa shape index (κ3) is 4.25. The summed E-state index contributed by atoms with van der Waals surface area (Å²) in [5.74, 6) is 1.88. The molecule has 0 N–H and O–H groups in total. The predicted molar refractivity (Wildman–Crippen MR) is 124 cm³/mol. The molecule has 0 aliphatic carbocycles. The van der Waals surface area contributed by atoms with Gasteiger partial charge in [-0.3, -0.25) is 4.79 Å². The molecule has 0 saturated heterocycles. The number of ether oxygens (including phenoxy) is 4. The zero-order valence-electron chi connectivity index (χ0n) is 18.6. The Morgan fingerprint density at radius 1 is 0.788 bits per heavy atom. The second-order valence-corrected chi connectivity index (χ2v) is 7.21. The highest BCUT2D eigenvalue weighted by Crippen LogP contribution is 2.33. The van der Waals surface area contributed by atoms with Crippen molar-refractivity contribution in [2.75, 3.05) is 21.3 Å². The van der Waals surface area contributed by atoms with Crippen LogP contribution in [0.2, 0.25) is 0 Å². The van der Waals surface area contributed by atoms with Crippen LogP contribution >= 0.6 is 0 Å². The fourth-order valence-corrected chi connectivity index (χ4v) is 3.57. The number of aryl methyl sites for hydroxylation is 1. The van der Waals surface area contributed by atoms with Gasteiger partial charge in [-0.25, -0.2) is 4.79 Å². The van der Waals surface area contributed by atoms with Crippen LogP contribution in [0.5, 0.6) is 23.0 Å². The molecule has 0 fully saturated rings. The molecule has 1 aromatic heterocycles. The van der Waals surface area contributed by atoms with Crippen molar-refractivity contribution in [3.8, 4) is 34.1 Å². The molecule has 0 spiro atoms. The number of carbonyl (C=O) groups excluding carboxylic acids is 1. The molecule has 7 heteroatoms. The summed E-state index contributed by atoms with van der Waals surface area (Å²) >= 11 is 0. The first-order chi connectivity index (χ1) is 15.9. The molecule has 0 atom stereocenters. The molecule has 168 valence electrons. The first-order valence-corrected chi connectivity index (χ1v) is 10.1. The predicted octanol–water partition coefficient (Wildman–Crippen LogP) is 5.01. The molecule has 7 nitrogen and oxygen atoms in total. The molecular formula is C26H22O7. The van der Waals surface area contributed by atoms with Crippen LogP contribution in [0.1, 0.15) is 16.1 Å². The Morgan fingerprint density at radius 3 is 2.15 bits per heavy atom. The van der Waals surface area contributed by atoms with E-state index >= 15 is 0 Å². The first-order valence-electron chi connectivity index (χ1n) is 10.1. The largest absolute Gasteiger partial charge is 0.497 e. The Balaban J connectivity index is 1.69. The van der Waals surface area contributed by atoms with Gasteiger partial charge in [0.25, 0.3) is 0 Å². The van der Waals surface area contributed by atoms with E-state index < -0.39 is 5.97 Å². The van der Waals surface area contributed by atoms with E-state index in [4.69, 9.17) is 23.4 Å². The lowest BCUT2D eigenvalue weighted by Gasteiger charge is -2.12. The molecule has 0 aliphatic heterocycles. The standard InChI is InChI=1S/C26H22O7/c1-15-24(17-7-12-21(30-3)23(13-17)31-4)25(27)20-11-10-19(14-22(20)32-15)33-26(28)16-5-8-18(29-2)9-6-16/h5-14H,1-4H3. The van der Waals surface area contributed by atoms with Crippen LogP contribution < -0.4 is 24.4 Å². The maximum absolute atomic E-state index is 13.3. The van der Waals surface area contributed by atoms with Crippen LogP contribution in [0, 0.1) is 6.92 Å². The summed E-state index contributed by atoms with van der Waals surface area (Å²) in [4.78, 5) is 25.7. The van der Waals surface area contributed by atoms with Crippen molar-refractivity contribution in [3.63, 3.8) is 0 Å². The van der Waals surface area contributed by atoms with Gasteiger partial charge in [0.15, 0.2) is 11.5 Å². The van der Waals surface area contributed by atoms with E-state index in [1.807, 2.05) is 0 Å². The van der Waals surface area contributed by atoms with E-state index in [9.17, 15) is 9.59 Å². The minimum absolute atomic E-state index is 0.200. The van der Waals surface area contributed by atoms with Gasteiger partial charge in [-0.05, 0) is 61.0 Å². The Kier molecular flexibility index (Phi) is 6.04. The molecule has 0 unspecified atom stereocenters.